The first-order valence-corrected chi connectivity index (χ1v) is 10.5. The molecule has 0 aliphatic carbocycles. The Morgan fingerprint density at radius 1 is 0.710 bits per heavy atom. The summed E-state index contributed by atoms with van der Waals surface area (Å²) in [6.07, 6.45) is 0. The van der Waals surface area contributed by atoms with Crippen LogP contribution in [0.4, 0.5) is 0 Å². The lowest BCUT2D eigenvalue weighted by atomic mass is 9.76. The van der Waals surface area contributed by atoms with Crippen LogP contribution >= 0.6 is 0 Å². The second kappa shape index (κ2) is 10.2. The van der Waals surface area contributed by atoms with Crippen molar-refractivity contribution in [2.75, 3.05) is 0 Å². The minimum absolute atomic E-state index is 0.277. The molecule has 3 amide bonds. The van der Waals surface area contributed by atoms with E-state index in [-0.39, 0.29) is 19.0 Å². The summed E-state index contributed by atoms with van der Waals surface area (Å²) >= 11 is 0. The second-order valence-electron chi connectivity index (χ2n) is 9.27. The van der Waals surface area contributed by atoms with Gasteiger partial charge in [-0.3, -0.25) is 14.4 Å². The molecule has 2 rings (SSSR count). The molecule has 6 nitrogen and oxygen atoms in total. The Morgan fingerprint density at radius 3 is 1.45 bits per heavy atom. The zero-order valence-corrected chi connectivity index (χ0v) is 19.0. The molecule has 0 unspecified atom stereocenters. The Hall–Kier alpha value is -3.15. The maximum absolute atomic E-state index is 13.1. The molecule has 0 saturated heterocycles. The third-order valence-corrected chi connectivity index (χ3v) is 4.94. The average Bonchev–Trinajstić information content (AvgIpc) is 2.71. The van der Waals surface area contributed by atoms with E-state index in [1.807, 2.05) is 81.4 Å². The van der Waals surface area contributed by atoms with Crippen LogP contribution in [0.25, 0.3) is 0 Å². The number of benzene rings is 2. The van der Waals surface area contributed by atoms with Crippen molar-refractivity contribution < 1.29 is 14.4 Å². The number of rotatable bonds is 8. The quantitative estimate of drug-likeness (QED) is 0.570. The molecular weight excluding hydrogens is 390 g/mol. The Labute approximate surface area is 184 Å². The third-order valence-electron chi connectivity index (χ3n) is 4.94. The summed E-state index contributed by atoms with van der Waals surface area (Å²) in [5.74, 6) is -2.51. The van der Waals surface area contributed by atoms with Crippen LogP contribution in [0.15, 0.2) is 60.7 Å². The lowest BCUT2D eigenvalue weighted by molar-refractivity contribution is -0.149. The number of carbonyl (C=O) groups excluding carboxylic acids is 3. The normalized spacial score (nSPS) is 11.7. The molecule has 0 aromatic heterocycles. The van der Waals surface area contributed by atoms with Crippen LogP contribution in [0.5, 0.6) is 0 Å². The van der Waals surface area contributed by atoms with E-state index in [0.717, 1.165) is 11.1 Å². The van der Waals surface area contributed by atoms with Gasteiger partial charge in [-0.1, -0.05) is 60.7 Å². The van der Waals surface area contributed by atoms with Gasteiger partial charge in [0, 0.05) is 18.6 Å². The first-order chi connectivity index (χ1) is 14.5. The number of hydrogen-bond acceptors (Lipinski definition) is 3. The number of amides is 3. The Morgan fingerprint density at radius 2 is 1.10 bits per heavy atom. The van der Waals surface area contributed by atoms with Crippen molar-refractivity contribution in [2.24, 2.45) is 11.3 Å². The van der Waals surface area contributed by atoms with Crippen molar-refractivity contribution in [3.8, 4) is 0 Å². The van der Waals surface area contributed by atoms with Gasteiger partial charge >= 0.3 is 0 Å². The maximum Gasteiger partial charge on any atom is 0.233 e. The molecule has 0 saturated carbocycles. The largest absolute Gasteiger partial charge is 0.351 e. The van der Waals surface area contributed by atoms with Crippen molar-refractivity contribution in [2.45, 2.75) is 53.2 Å². The van der Waals surface area contributed by atoms with E-state index in [9.17, 15) is 14.4 Å². The van der Waals surface area contributed by atoms with Crippen LogP contribution in [0, 0.1) is 11.3 Å². The van der Waals surface area contributed by atoms with Gasteiger partial charge in [-0.2, -0.15) is 0 Å². The molecule has 0 fully saturated rings. The SMILES string of the molecule is CC(C)(C)NC(=O)C(C)(C)C(C(=O)NCc1ccccc1)C(=O)NCc1ccccc1. The summed E-state index contributed by atoms with van der Waals surface area (Å²) in [4.78, 5) is 39.3. The van der Waals surface area contributed by atoms with E-state index in [0.29, 0.717) is 0 Å². The highest BCUT2D eigenvalue weighted by Gasteiger charge is 2.46. The second-order valence-corrected chi connectivity index (χ2v) is 9.27. The summed E-state index contributed by atoms with van der Waals surface area (Å²) in [7, 11) is 0. The van der Waals surface area contributed by atoms with E-state index in [1.165, 1.54) is 0 Å². The van der Waals surface area contributed by atoms with Gasteiger partial charge in [0.05, 0.1) is 5.41 Å². The van der Waals surface area contributed by atoms with Gasteiger partial charge in [-0.05, 0) is 45.7 Å². The highest BCUT2D eigenvalue weighted by atomic mass is 16.2. The maximum atomic E-state index is 13.1. The van der Waals surface area contributed by atoms with Crippen LogP contribution < -0.4 is 16.0 Å². The molecule has 0 aliphatic rings. The summed E-state index contributed by atoms with van der Waals surface area (Å²) in [6, 6.07) is 18.9. The van der Waals surface area contributed by atoms with Crippen molar-refractivity contribution >= 4 is 17.7 Å². The molecule has 166 valence electrons. The number of carbonyl (C=O) groups is 3. The zero-order chi connectivity index (χ0) is 23.1. The van der Waals surface area contributed by atoms with E-state index < -0.39 is 28.7 Å². The van der Waals surface area contributed by atoms with Crippen molar-refractivity contribution in [1.29, 1.82) is 0 Å². The van der Waals surface area contributed by atoms with Crippen LogP contribution in [-0.2, 0) is 27.5 Å². The monoisotopic (exact) mass is 423 g/mol. The van der Waals surface area contributed by atoms with Gasteiger partial charge in [0.2, 0.25) is 17.7 Å². The fourth-order valence-electron chi connectivity index (χ4n) is 3.18. The topological polar surface area (TPSA) is 87.3 Å². The molecule has 2 aromatic rings. The fraction of sp³-hybridized carbons (Fsp3) is 0.400. The Balaban J connectivity index is 2.21. The van der Waals surface area contributed by atoms with Crippen molar-refractivity contribution in [3.05, 3.63) is 71.8 Å². The molecule has 31 heavy (non-hydrogen) atoms. The fourth-order valence-corrected chi connectivity index (χ4v) is 3.18. The van der Waals surface area contributed by atoms with E-state index in [1.54, 1.807) is 13.8 Å². The van der Waals surface area contributed by atoms with Gasteiger partial charge in [-0.25, -0.2) is 0 Å². The molecule has 0 spiro atoms. The van der Waals surface area contributed by atoms with E-state index in [2.05, 4.69) is 16.0 Å². The summed E-state index contributed by atoms with van der Waals surface area (Å²) in [5.41, 5.74) is 0.0851. The minimum atomic E-state index is -1.26. The molecule has 0 radical (unpaired) electrons. The number of hydrogen-bond donors (Lipinski definition) is 3. The molecule has 0 atom stereocenters. The molecule has 0 aliphatic heterocycles. The molecule has 0 bridgehead atoms. The molecule has 6 heteroatoms. The summed E-state index contributed by atoms with van der Waals surface area (Å²) in [5, 5.41) is 8.54. The molecule has 2 aromatic carbocycles. The highest BCUT2D eigenvalue weighted by molar-refractivity contribution is 6.05. The lowest BCUT2D eigenvalue weighted by Gasteiger charge is -2.34. The Bertz CT molecular complexity index is 832. The van der Waals surface area contributed by atoms with Crippen molar-refractivity contribution in [3.63, 3.8) is 0 Å². The smallest absolute Gasteiger partial charge is 0.233 e. The summed E-state index contributed by atoms with van der Waals surface area (Å²) < 4.78 is 0. The van der Waals surface area contributed by atoms with Gasteiger partial charge in [0.15, 0.2) is 0 Å². The van der Waals surface area contributed by atoms with Gasteiger partial charge in [-0.15, -0.1) is 0 Å². The predicted octanol–water partition coefficient (Wildman–Crippen LogP) is 3.18. The molecule has 3 N–H and O–H groups in total. The predicted molar refractivity (Wildman–Crippen MR) is 122 cm³/mol. The van der Waals surface area contributed by atoms with Crippen LogP contribution in [0.2, 0.25) is 0 Å². The highest BCUT2D eigenvalue weighted by Crippen LogP contribution is 2.29. The average molecular weight is 424 g/mol. The standard InChI is InChI=1S/C25H33N3O3/c1-24(2,3)28-23(31)25(4,5)20(21(29)26-16-18-12-8-6-9-13-18)22(30)27-17-19-14-10-7-11-15-19/h6-15,20H,16-17H2,1-5H3,(H,26,29)(H,27,30)(H,28,31). The molecular formula is C25H33N3O3. The first-order valence-electron chi connectivity index (χ1n) is 10.5. The third kappa shape index (κ3) is 7.24. The van der Waals surface area contributed by atoms with Crippen molar-refractivity contribution in [1.82, 2.24) is 16.0 Å². The lowest BCUT2D eigenvalue weighted by Crippen LogP contribution is -2.56. The van der Waals surface area contributed by atoms with Crippen LogP contribution in [0.1, 0.15) is 45.7 Å². The van der Waals surface area contributed by atoms with Crippen LogP contribution in [0.3, 0.4) is 0 Å². The molecule has 0 heterocycles. The van der Waals surface area contributed by atoms with Crippen LogP contribution in [-0.4, -0.2) is 23.3 Å². The number of nitrogens with one attached hydrogen (secondary N) is 3. The van der Waals surface area contributed by atoms with Gasteiger partial charge in [0.25, 0.3) is 0 Å². The summed E-state index contributed by atoms with van der Waals surface area (Å²) in [6.45, 7) is 9.40. The Kier molecular flexibility index (Phi) is 7.97. The van der Waals surface area contributed by atoms with Gasteiger partial charge < -0.3 is 16.0 Å². The van der Waals surface area contributed by atoms with Gasteiger partial charge in [0.1, 0.15) is 5.92 Å². The minimum Gasteiger partial charge on any atom is -0.351 e. The van der Waals surface area contributed by atoms with E-state index in [4.69, 9.17) is 0 Å². The first kappa shape index (κ1) is 24.1. The zero-order valence-electron chi connectivity index (χ0n) is 19.0. The van der Waals surface area contributed by atoms with E-state index >= 15 is 0 Å².